The van der Waals surface area contributed by atoms with Crippen LogP contribution in [0.5, 0.6) is 0 Å². The van der Waals surface area contributed by atoms with Crippen LogP contribution >= 0.6 is 11.3 Å². The third kappa shape index (κ3) is 4.08. The molecule has 1 amide bonds. The molecule has 0 radical (unpaired) electrons. The highest BCUT2D eigenvalue weighted by Gasteiger charge is 2.17. The number of nitrogens with zero attached hydrogens (tertiary/aromatic N) is 2. The van der Waals surface area contributed by atoms with Crippen LogP contribution in [0.15, 0.2) is 5.38 Å². The van der Waals surface area contributed by atoms with Crippen molar-refractivity contribution in [3.05, 3.63) is 16.1 Å². The predicted molar refractivity (Wildman–Crippen MR) is 68.7 cm³/mol. The van der Waals surface area contributed by atoms with Gasteiger partial charge in [-0.15, -0.1) is 11.3 Å². The fourth-order valence-electron chi connectivity index (χ4n) is 1.44. The van der Waals surface area contributed by atoms with Gasteiger partial charge in [-0.1, -0.05) is 0 Å². The van der Waals surface area contributed by atoms with Crippen molar-refractivity contribution < 1.29 is 14.7 Å². The molecular formula is C11H17N3O3S. The Balaban J connectivity index is 2.66. The van der Waals surface area contributed by atoms with Crippen molar-refractivity contribution in [3.63, 3.8) is 0 Å². The van der Waals surface area contributed by atoms with Crippen LogP contribution in [0.3, 0.4) is 0 Å². The normalized spacial score (nSPS) is 10.3. The van der Waals surface area contributed by atoms with Crippen molar-refractivity contribution in [2.75, 3.05) is 19.6 Å². The number of aromatic nitrogens is 1. The third-order valence-electron chi connectivity index (χ3n) is 2.39. The molecule has 0 spiro atoms. The SMILES string of the molecule is CCN(CCC(=O)O)C(=O)c1csc(CCN)n1. The molecule has 0 fully saturated rings. The smallest absolute Gasteiger partial charge is 0.305 e. The molecule has 18 heavy (non-hydrogen) atoms. The number of carboxylic acids is 1. The van der Waals surface area contributed by atoms with Gasteiger partial charge in [-0.25, -0.2) is 4.98 Å². The van der Waals surface area contributed by atoms with E-state index in [1.165, 1.54) is 16.2 Å². The molecule has 0 bridgehead atoms. The average molecular weight is 271 g/mol. The van der Waals surface area contributed by atoms with Crippen LogP contribution in [0.25, 0.3) is 0 Å². The largest absolute Gasteiger partial charge is 0.481 e. The van der Waals surface area contributed by atoms with Gasteiger partial charge < -0.3 is 15.7 Å². The molecule has 0 unspecified atom stereocenters. The first kappa shape index (κ1) is 14.6. The molecule has 1 heterocycles. The number of rotatable bonds is 7. The molecule has 0 saturated carbocycles. The second kappa shape index (κ2) is 7.07. The molecule has 3 N–H and O–H groups in total. The average Bonchev–Trinajstić information content (AvgIpc) is 2.78. The second-order valence-electron chi connectivity index (χ2n) is 3.69. The van der Waals surface area contributed by atoms with Crippen molar-refractivity contribution in [1.29, 1.82) is 0 Å². The van der Waals surface area contributed by atoms with Crippen molar-refractivity contribution >= 4 is 23.2 Å². The van der Waals surface area contributed by atoms with E-state index in [4.69, 9.17) is 10.8 Å². The third-order valence-corrected chi connectivity index (χ3v) is 3.30. The van der Waals surface area contributed by atoms with E-state index in [1.807, 2.05) is 6.92 Å². The summed E-state index contributed by atoms with van der Waals surface area (Å²) in [6.45, 7) is 2.98. The Morgan fingerprint density at radius 1 is 1.56 bits per heavy atom. The van der Waals surface area contributed by atoms with Crippen LogP contribution in [-0.4, -0.2) is 46.5 Å². The van der Waals surface area contributed by atoms with Gasteiger partial charge in [-0.05, 0) is 13.5 Å². The van der Waals surface area contributed by atoms with Gasteiger partial charge >= 0.3 is 5.97 Å². The Morgan fingerprint density at radius 3 is 2.83 bits per heavy atom. The molecule has 1 aromatic rings. The Morgan fingerprint density at radius 2 is 2.28 bits per heavy atom. The van der Waals surface area contributed by atoms with Gasteiger partial charge in [0.15, 0.2) is 0 Å². The van der Waals surface area contributed by atoms with Crippen molar-refractivity contribution in [1.82, 2.24) is 9.88 Å². The van der Waals surface area contributed by atoms with Crippen LogP contribution in [0.2, 0.25) is 0 Å². The number of hydrogen-bond acceptors (Lipinski definition) is 5. The first-order valence-electron chi connectivity index (χ1n) is 5.74. The minimum Gasteiger partial charge on any atom is -0.481 e. The zero-order chi connectivity index (χ0) is 13.5. The van der Waals surface area contributed by atoms with Gasteiger partial charge in [0.2, 0.25) is 0 Å². The molecule has 6 nitrogen and oxygen atoms in total. The summed E-state index contributed by atoms with van der Waals surface area (Å²) in [5, 5.41) is 11.1. The first-order chi connectivity index (χ1) is 8.58. The minimum atomic E-state index is -0.914. The lowest BCUT2D eigenvalue weighted by molar-refractivity contribution is -0.137. The Kier molecular flexibility index (Phi) is 5.73. The number of aliphatic carboxylic acids is 1. The van der Waals surface area contributed by atoms with Crippen molar-refractivity contribution in [2.45, 2.75) is 19.8 Å². The van der Waals surface area contributed by atoms with Gasteiger partial charge in [-0.3, -0.25) is 9.59 Å². The molecule has 0 saturated heterocycles. The maximum atomic E-state index is 12.1. The van der Waals surface area contributed by atoms with E-state index in [9.17, 15) is 9.59 Å². The van der Waals surface area contributed by atoms with Crippen LogP contribution in [0.1, 0.15) is 28.8 Å². The molecule has 0 aliphatic carbocycles. The molecule has 0 aliphatic heterocycles. The van der Waals surface area contributed by atoms with E-state index in [1.54, 1.807) is 5.38 Å². The minimum absolute atomic E-state index is 0.0562. The summed E-state index contributed by atoms with van der Waals surface area (Å²) in [5.41, 5.74) is 5.79. The highest BCUT2D eigenvalue weighted by Crippen LogP contribution is 2.12. The second-order valence-corrected chi connectivity index (χ2v) is 4.64. The molecule has 100 valence electrons. The quantitative estimate of drug-likeness (QED) is 0.756. The van der Waals surface area contributed by atoms with E-state index < -0.39 is 5.97 Å². The summed E-state index contributed by atoms with van der Waals surface area (Å²) >= 11 is 1.40. The maximum absolute atomic E-state index is 12.1. The summed E-state index contributed by atoms with van der Waals surface area (Å²) in [6.07, 6.45) is 0.596. The Bertz CT molecular complexity index is 419. The fourth-order valence-corrected chi connectivity index (χ4v) is 2.23. The van der Waals surface area contributed by atoms with Crippen molar-refractivity contribution in [2.24, 2.45) is 5.73 Å². The van der Waals surface area contributed by atoms with E-state index in [-0.39, 0.29) is 18.9 Å². The molecular weight excluding hydrogens is 254 g/mol. The lowest BCUT2D eigenvalue weighted by atomic mass is 10.3. The number of carboxylic acid groups (broad SMARTS) is 1. The number of hydrogen-bond donors (Lipinski definition) is 2. The van der Waals surface area contributed by atoms with Crippen LogP contribution in [0.4, 0.5) is 0 Å². The van der Waals surface area contributed by atoms with Crippen molar-refractivity contribution in [3.8, 4) is 0 Å². The number of carbonyl (C=O) groups excluding carboxylic acids is 1. The van der Waals surface area contributed by atoms with E-state index in [2.05, 4.69) is 4.98 Å². The summed E-state index contributed by atoms with van der Waals surface area (Å²) in [6, 6.07) is 0. The standard InChI is InChI=1S/C11H17N3O3S/c1-2-14(6-4-10(15)16)11(17)8-7-18-9(13-8)3-5-12/h7H,2-6,12H2,1H3,(H,15,16). The molecule has 0 aromatic carbocycles. The Hall–Kier alpha value is -1.47. The number of nitrogens with two attached hydrogens (primary N) is 1. The van der Waals surface area contributed by atoms with Crippen LogP contribution < -0.4 is 5.73 Å². The van der Waals surface area contributed by atoms with Crippen LogP contribution in [-0.2, 0) is 11.2 Å². The molecule has 7 heteroatoms. The summed E-state index contributed by atoms with van der Waals surface area (Å²) < 4.78 is 0. The van der Waals surface area contributed by atoms with Gasteiger partial charge in [0, 0.05) is 24.9 Å². The molecule has 1 rings (SSSR count). The monoisotopic (exact) mass is 271 g/mol. The zero-order valence-corrected chi connectivity index (χ0v) is 11.1. The number of thiazole rings is 1. The lowest BCUT2D eigenvalue weighted by Gasteiger charge is -2.18. The summed E-state index contributed by atoms with van der Waals surface area (Å²) in [5.74, 6) is -1.14. The lowest BCUT2D eigenvalue weighted by Crippen LogP contribution is -2.33. The Labute approximate surface area is 109 Å². The van der Waals surface area contributed by atoms with Gasteiger partial charge in [-0.2, -0.15) is 0 Å². The highest BCUT2D eigenvalue weighted by molar-refractivity contribution is 7.09. The van der Waals surface area contributed by atoms with Gasteiger partial charge in [0.25, 0.3) is 5.91 Å². The zero-order valence-electron chi connectivity index (χ0n) is 10.3. The van der Waals surface area contributed by atoms with E-state index in [0.29, 0.717) is 25.2 Å². The first-order valence-corrected chi connectivity index (χ1v) is 6.62. The summed E-state index contributed by atoms with van der Waals surface area (Å²) in [7, 11) is 0. The van der Waals surface area contributed by atoms with Gasteiger partial charge in [0.1, 0.15) is 5.69 Å². The highest BCUT2D eigenvalue weighted by atomic mass is 32.1. The molecule has 1 aromatic heterocycles. The van der Waals surface area contributed by atoms with E-state index >= 15 is 0 Å². The summed E-state index contributed by atoms with van der Waals surface area (Å²) in [4.78, 5) is 28.2. The topological polar surface area (TPSA) is 96.5 Å². The van der Waals surface area contributed by atoms with E-state index in [0.717, 1.165) is 5.01 Å². The van der Waals surface area contributed by atoms with Gasteiger partial charge in [0.05, 0.1) is 11.4 Å². The fraction of sp³-hybridized carbons (Fsp3) is 0.545. The molecule has 0 aliphatic rings. The maximum Gasteiger partial charge on any atom is 0.305 e. The predicted octanol–water partition coefficient (Wildman–Crippen LogP) is 0.581. The number of amides is 1. The van der Waals surface area contributed by atoms with Crippen LogP contribution in [0, 0.1) is 0 Å². The number of carbonyl (C=O) groups is 2. The molecule has 0 atom stereocenters.